The van der Waals surface area contributed by atoms with Crippen LogP contribution in [0.2, 0.25) is 0 Å². The first kappa shape index (κ1) is 16.2. The number of nitrogens with zero attached hydrogens (tertiary/aromatic N) is 2. The van der Waals surface area contributed by atoms with Crippen molar-refractivity contribution in [3.8, 4) is 5.75 Å². The fraction of sp³-hybridized carbons (Fsp3) is 0.118. The van der Waals surface area contributed by atoms with E-state index in [-0.39, 0.29) is 17.9 Å². The highest BCUT2D eigenvalue weighted by Crippen LogP contribution is 2.27. The van der Waals surface area contributed by atoms with Crippen LogP contribution in [0.25, 0.3) is 10.9 Å². The monoisotopic (exact) mass is 387 g/mol. The molecule has 0 spiro atoms. The predicted octanol–water partition coefficient (Wildman–Crippen LogP) is 2.81. The summed E-state index contributed by atoms with van der Waals surface area (Å²) in [5, 5.41) is 7.38. The van der Waals surface area contributed by atoms with Crippen molar-refractivity contribution in [3.63, 3.8) is 0 Å². The minimum absolute atomic E-state index is 0.0174. The Morgan fingerprint density at radius 3 is 2.88 bits per heavy atom. The zero-order valence-electron chi connectivity index (χ0n) is 12.8. The number of aromatic nitrogens is 2. The molecule has 1 heterocycles. The van der Waals surface area contributed by atoms with Gasteiger partial charge in [-0.05, 0) is 30.3 Å². The van der Waals surface area contributed by atoms with Crippen LogP contribution >= 0.6 is 15.9 Å². The van der Waals surface area contributed by atoms with Crippen molar-refractivity contribution in [2.45, 2.75) is 6.54 Å². The Morgan fingerprint density at radius 1 is 1.29 bits per heavy atom. The Labute approximate surface area is 146 Å². The van der Waals surface area contributed by atoms with Crippen LogP contribution in [0.4, 0.5) is 5.69 Å². The van der Waals surface area contributed by atoms with Gasteiger partial charge in [-0.3, -0.25) is 14.3 Å². The van der Waals surface area contributed by atoms with Gasteiger partial charge in [-0.15, -0.1) is 0 Å². The maximum atomic E-state index is 12.4. The van der Waals surface area contributed by atoms with Gasteiger partial charge in [-0.25, -0.2) is 0 Å². The number of nitrogens with one attached hydrogen (secondary N) is 1. The fourth-order valence-corrected chi connectivity index (χ4v) is 2.75. The largest absolute Gasteiger partial charge is 0.495 e. The Kier molecular flexibility index (Phi) is 4.61. The molecule has 1 amide bonds. The van der Waals surface area contributed by atoms with Gasteiger partial charge in [0.15, 0.2) is 0 Å². The van der Waals surface area contributed by atoms with E-state index in [1.54, 1.807) is 36.4 Å². The number of benzene rings is 2. The molecule has 6 nitrogen and oxygen atoms in total. The lowest BCUT2D eigenvalue weighted by Crippen LogP contribution is -2.22. The lowest BCUT2D eigenvalue weighted by molar-refractivity contribution is -0.116. The van der Waals surface area contributed by atoms with Gasteiger partial charge in [0.2, 0.25) is 11.3 Å². The number of methoxy groups -OCH3 is 1. The number of anilines is 1. The van der Waals surface area contributed by atoms with Crippen LogP contribution in [0.5, 0.6) is 5.75 Å². The summed E-state index contributed by atoms with van der Waals surface area (Å²) >= 11 is 3.36. The molecule has 3 rings (SSSR count). The standard InChI is InChI=1S/C17H14BrN3O3/c1-24-16-7-6-11(18)8-13(16)20-17(23)10-21-14-5-3-2-4-12(14)15(22)9-19-21/h2-9H,10H2,1H3,(H,20,23). The number of carbonyl (C=O) groups excluding carboxylic acids is 1. The molecule has 0 atom stereocenters. The van der Waals surface area contributed by atoms with Gasteiger partial charge < -0.3 is 10.1 Å². The first-order chi connectivity index (χ1) is 11.6. The predicted molar refractivity (Wildman–Crippen MR) is 95.3 cm³/mol. The zero-order valence-corrected chi connectivity index (χ0v) is 14.4. The molecular weight excluding hydrogens is 374 g/mol. The van der Waals surface area contributed by atoms with Crippen molar-refractivity contribution in [2.24, 2.45) is 0 Å². The molecular formula is C17H14BrN3O3. The average molecular weight is 388 g/mol. The number of rotatable bonds is 4. The Bertz CT molecular complexity index is 969. The van der Waals surface area contributed by atoms with Gasteiger partial charge in [0.1, 0.15) is 12.3 Å². The van der Waals surface area contributed by atoms with Crippen LogP contribution in [0.15, 0.2) is 57.9 Å². The second-order valence-electron chi connectivity index (χ2n) is 5.08. The highest BCUT2D eigenvalue weighted by molar-refractivity contribution is 9.10. The van der Waals surface area contributed by atoms with Gasteiger partial charge >= 0.3 is 0 Å². The van der Waals surface area contributed by atoms with E-state index in [0.29, 0.717) is 22.3 Å². The van der Waals surface area contributed by atoms with Crippen LogP contribution in [0, 0.1) is 0 Å². The van der Waals surface area contributed by atoms with Gasteiger partial charge in [0.05, 0.1) is 24.5 Å². The molecule has 1 aromatic heterocycles. The van der Waals surface area contributed by atoms with Crippen LogP contribution in [0.3, 0.4) is 0 Å². The van der Waals surface area contributed by atoms with Crippen LogP contribution in [0.1, 0.15) is 0 Å². The third kappa shape index (κ3) is 3.30. The van der Waals surface area contributed by atoms with Gasteiger partial charge in [-0.2, -0.15) is 5.10 Å². The molecule has 3 aromatic rings. The molecule has 0 unspecified atom stereocenters. The lowest BCUT2D eigenvalue weighted by Gasteiger charge is -2.12. The number of carbonyl (C=O) groups is 1. The van der Waals surface area contributed by atoms with E-state index in [9.17, 15) is 9.59 Å². The minimum atomic E-state index is -0.271. The summed E-state index contributed by atoms with van der Waals surface area (Å²) in [5.41, 5.74) is 1.000. The quantitative estimate of drug-likeness (QED) is 0.746. The summed E-state index contributed by atoms with van der Waals surface area (Å²) in [5.74, 6) is 0.289. The van der Waals surface area contributed by atoms with E-state index < -0.39 is 0 Å². The third-order valence-corrected chi connectivity index (χ3v) is 3.98. The Hall–Kier alpha value is -2.67. The summed E-state index contributed by atoms with van der Waals surface area (Å²) in [4.78, 5) is 24.2. The molecule has 0 bridgehead atoms. The number of hydrogen-bond donors (Lipinski definition) is 1. The maximum absolute atomic E-state index is 12.4. The Morgan fingerprint density at radius 2 is 2.08 bits per heavy atom. The second kappa shape index (κ2) is 6.84. The molecule has 0 saturated heterocycles. The molecule has 7 heteroatoms. The van der Waals surface area contributed by atoms with Crippen molar-refractivity contribution in [1.82, 2.24) is 9.78 Å². The van der Waals surface area contributed by atoms with Crippen molar-refractivity contribution in [3.05, 3.63) is 63.4 Å². The maximum Gasteiger partial charge on any atom is 0.246 e. The number of fused-ring (bicyclic) bond motifs is 1. The minimum Gasteiger partial charge on any atom is -0.495 e. The summed E-state index contributed by atoms with van der Waals surface area (Å²) < 4.78 is 7.56. The van der Waals surface area contributed by atoms with E-state index in [1.165, 1.54) is 18.0 Å². The van der Waals surface area contributed by atoms with Crippen molar-refractivity contribution in [2.75, 3.05) is 12.4 Å². The summed E-state index contributed by atoms with van der Waals surface area (Å²) in [6.45, 7) is -0.0174. The SMILES string of the molecule is COc1ccc(Br)cc1NC(=O)Cn1ncc(=O)c2ccccc21. The molecule has 0 aliphatic heterocycles. The number of hydrogen-bond acceptors (Lipinski definition) is 4. The number of halogens is 1. The van der Waals surface area contributed by atoms with E-state index >= 15 is 0 Å². The highest BCUT2D eigenvalue weighted by Gasteiger charge is 2.11. The first-order valence-electron chi connectivity index (χ1n) is 7.17. The zero-order chi connectivity index (χ0) is 17.1. The molecule has 122 valence electrons. The van der Waals surface area contributed by atoms with Gasteiger partial charge in [0, 0.05) is 9.86 Å². The number of ether oxygens (including phenoxy) is 1. The van der Waals surface area contributed by atoms with Gasteiger partial charge in [0.25, 0.3) is 0 Å². The molecule has 24 heavy (non-hydrogen) atoms. The van der Waals surface area contributed by atoms with E-state index in [0.717, 1.165) is 4.47 Å². The molecule has 0 fully saturated rings. The molecule has 0 saturated carbocycles. The number of para-hydroxylation sites is 1. The fourth-order valence-electron chi connectivity index (χ4n) is 2.39. The smallest absolute Gasteiger partial charge is 0.246 e. The Balaban J connectivity index is 1.88. The lowest BCUT2D eigenvalue weighted by atomic mass is 10.2. The molecule has 0 aliphatic rings. The first-order valence-corrected chi connectivity index (χ1v) is 7.96. The summed E-state index contributed by atoms with van der Waals surface area (Å²) in [6.07, 6.45) is 1.22. The summed E-state index contributed by atoms with van der Waals surface area (Å²) in [6, 6.07) is 12.4. The normalized spacial score (nSPS) is 10.6. The second-order valence-corrected chi connectivity index (χ2v) is 5.99. The van der Waals surface area contributed by atoms with Gasteiger partial charge in [-0.1, -0.05) is 28.1 Å². The molecule has 0 radical (unpaired) electrons. The third-order valence-electron chi connectivity index (χ3n) is 3.49. The van der Waals surface area contributed by atoms with Crippen molar-refractivity contribution in [1.29, 1.82) is 0 Å². The molecule has 2 aromatic carbocycles. The van der Waals surface area contributed by atoms with E-state index in [1.807, 2.05) is 6.07 Å². The van der Waals surface area contributed by atoms with Crippen LogP contribution in [-0.2, 0) is 11.3 Å². The topological polar surface area (TPSA) is 73.2 Å². The van der Waals surface area contributed by atoms with Crippen molar-refractivity contribution < 1.29 is 9.53 Å². The van der Waals surface area contributed by atoms with Crippen LogP contribution < -0.4 is 15.5 Å². The van der Waals surface area contributed by atoms with Crippen molar-refractivity contribution >= 4 is 38.4 Å². The van der Waals surface area contributed by atoms with Crippen LogP contribution in [-0.4, -0.2) is 22.8 Å². The number of amides is 1. The average Bonchev–Trinajstić information content (AvgIpc) is 2.58. The van der Waals surface area contributed by atoms with E-state index in [4.69, 9.17) is 4.74 Å². The summed E-state index contributed by atoms with van der Waals surface area (Å²) in [7, 11) is 1.54. The van der Waals surface area contributed by atoms with E-state index in [2.05, 4.69) is 26.3 Å². The molecule has 0 aliphatic carbocycles. The molecule has 1 N–H and O–H groups in total. The highest BCUT2D eigenvalue weighted by atomic mass is 79.9.